The number of hydrogen-bond acceptors (Lipinski definition) is 7. The molecule has 0 aliphatic carbocycles. The van der Waals surface area contributed by atoms with Gasteiger partial charge < -0.3 is 19.3 Å². The number of nitrogens with one attached hydrogen (secondary N) is 1. The summed E-state index contributed by atoms with van der Waals surface area (Å²) in [6.45, 7) is 1.86. The van der Waals surface area contributed by atoms with E-state index in [2.05, 4.69) is 38.4 Å². The lowest BCUT2D eigenvalue weighted by Crippen LogP contribution is -2.31. The Morgan fingerprint density at radius 3 is 2.39 bits per heavy atom. The quantitative estimate of drug-likeness (QED) is 0.526. The molecule has 1 saturated heterocycles. The molecule has 1 aromatic carbocycles. The van der Waals surface area contributed by atoms with Crippen molar-refractivity contribution in [3.05, 3.63) is 48.2 Å². The van der Waals surface area contributed by atoms with Crippen LogP contribution in [0.25, 0.3) is 0 Å². The van der Waals surface area contributed by atoms with Gasteiger partial charge in [0.15, 0.2) is 0 Å². The van der Waals surface area contributed by atoms with Crippen molar-refractivity contribution in [1.29, 1.82) is 0 Å². The number of nitrogens with zero attached hydrogens (tertiary/aromatic N) is 3. The van der Waals surface area contributed by atoms with Crippen LogP contribution in [0.5, 0.6) is 5.88 Å². The number of amides is 1. The van der Waals surface area contributed by atoms with Gasteiger partial charge in [-0.2, -0.15) is 21.6 Å². The Balaban J connectivity index is 1.60. The molecule has 31 heavy (non-hydrogen) atoms. The van der Waals surface area contributed by atoms with Crippen molar-refractivity contribution in [2.24, 2.45) is 0 Å². The summed E-state index contributed by atoms with van der Waals surface area (Å²) in [5, 5.41) is 2.65. The molecule has 168 valence electrons. The largest absolute Gasteiger partial charge is 0.534 e. The predicted molar refractivity (Wildman–Crippen MR) is 109 cm³/mol. The fourth-order valence-electron chi connectivity index (χ4n) is 3.08. The first-order valence-electron chi connectivity index (χ1n) is 9.26. The highest BCUT2D eigenvalue weighted by Crippen LogP contribution is 2.26. The minimum absolute atomic E-state index is 0.0224. The second-order valence-corrected chi connectivity index (χ2v) is 8.76. The molecule has 1 fully saturated rings. The van der Waals surface area contributed by atoms with E-state index in [0.29, 0.717) is 11.7 Å². The number of hydrogen-bond donors (Lipinski definition) is 1. The summed E-state index contributed by atoms with van der Waals surface area (Å²) in [5.74, 6) is -1.35. The lowest BCUT2D eigenvalue weighted by molar-refractivity contribution is -0.0501. The number of alkyl halides is 3. The highest BCUT2D eigenvalue weighted by Gasteiger charge is 2.48. The number of carbonyl (C=O) groups is 1. The Morgan fingerprint density at radius 2 is 1.87 bits per heavy atom. The summed E-state index contributed by atoms with van der Waals surface area (Å²) < 4.78 is 62.9. The van der Waals surface area contributed by atoms with E-state index in [1.54, 1.807) is 12.1 Å². The van der Waals surface area contributed by atoms with Crippen LogP contribution in [-0.4, -0.2) is 62.9 Å². The molecule has 2 aromatic rings. The number of halogens is 3. The van der Waals surface area contributed by atoms with Crippen LogP contribution in [0.4, 0.5) is 24.5 Å². The average Bonchev–Trinajstić information content (AvgIpc) is 3.18. The number of anilines is 2. The molecule has 1 unspecified atom stereocenters. The van der Waals surface area contributed by atoms with Gasteiger partial charge in [0.1, 0.15) is 0 Å². The predicted octanol–water partition coefficient (Wildman–Crippen LogP) is 2.70. The van der Waals surface area contributed by atoms with Crippen molar-refractivity contribution in [1.82, 2.24) is 9.88 Å². The van der Waals surface area contributed by atoms with E-state index in [1.807, 2.05) is 12.1 Å². The van der Waals surface area contributed by atoms with Gasteiger partial charge in [-0.3, -0.25) is 4.79 Å². The van der Waals surface area contributed by atoms with Crippen LogP contribution in [-0.2, 0) is 10.1 Å². The maximum absolute atomic E-state index is 12.3. The third kappa shape index (κ3) is 5.44. The van der Waals surface area contributed by atoms with Gasteiger partial charge in [-0.25, -0.2) is 4.98 Å². The lowest BCUT2D eigenvalue weighted by Gasteiger charge is -2.22. The maximum Gasteiger partial charge on any atom is 0.534 e. The zero-order chi connectivity index (χ0) is 22.8. The summed E-state index contributed by atoms with van der Waals surface area (Å²) in [4.78, 5) is 20.2. The van der Waals surface area contributed by atoms with Crippen molar-refractivity contribution in [3.63, 3.8) is 0 Å². The highest BCUT2D eigenvalue weighted by atomic mass is 32.2. The standard InChI is InChI=1S/C19H21F3N4O4S/c1-25(2)16-9-10-26(12-16)15-6-4-14(5-7-15)24-18(27)13-3-8-17(23-11-13)30-31(28,29)19(20,21)22/h3-8,11,16H,9-10,12H2,1-2H3,(H,24,27). The summed E-state index contributed by atoms with van der Waals surface area (Å²) in [6.07, 6.45) is 2.00. The molecule has 0 spiro atoms. The van der Waals surface area contributed by atoms with Gasteiger partial charge in [0.25, 0.3) is 5.91 Å². The second kappa shape index (κ2) is 8.71. The zero-order valence-electron chi connectivity index (χ0n) is 16.8. The van der Waals surface area contributed by atoms with Gasteiger partial charge in [-0.15, -0.1) is 0 Å². The molecule has 1 aliphatic rings. The van der Waals surface area contributed by atoms with Crippen LogP contribution < -0.4 is 14.4 Å². The van der Waals surface area contributed by atoms with E-state index in [4.69, 9.17) is 0 Å². The molecule has 1 aliphatic heterocycles. The molecule has 0 saturated carbocycles. The molecule has 1 amide bonds. The van der Waals surface area contributed by atoms with Gasteiger partial charge in [-0.05, 0) is 50.8 Å². The summed E-state index contributed by atoms with van der Waals surface area (Å²) >= 11 is 0. The van der Waals surface area contributed by atoms with E-state index >= 15 is 0 Å². The third-order valence-electron chi connectivity index (χ3n) is 4.86. The Kier molecular flexibility index (Phi) is 6.41. The average molecular weight is 458 g/mol. The highest BCUT2D eigenvalue weighted by molar-refractivity contribution is 7.87. The Bertz CT molecular complexity index is 1030. The van der Waals surface area contributed by atoms with Crippen molar-refractivity contribution in [2.75, 3.05) is 37.4 Å². The normalized spacial score (nSPS) is 17.1. The Morgan fingerprint density at radius 1 is 1.19 bits per heavy atom. The molecule has 1 aromatic heterocycles. The fourth-order valence-corrected chi connectivity index (χ4v) is 3.50. The van der Waals surface area contributed by atoms with Crippen molar-refractivity contribution < 1.29 is 30.6 Å². The SMILES string of the molecule is CN(C)C1CCN(c2ccc(NC(=O)c3ccc(OS(=O)(=O)C(F)(F)F)nc3)cc2)C1. The van der Waals surface area contributed by atoms with E-state index in [1.165, 1.54) is 0 Å². The first-order valence-corrected chi connectivity index (χ1v) is 10.7. The van der Waals surface area contributed by atoms with E-state index in [0.717, 1.165) is 43.5 Å². The van der Waals surface area contributed by atoms with Gasteiger partial charge in [0, 0.05) is 42.8 Å². The van der Waals surface area contributed by atoms with Gasteiger partial charge >= 0.3 is 15.6 Å². The van der Waals surface area contributed by atoms with E-state index < -0.39 is 27.4 Å². The molecular weight excluding hydrogens is 437 g/mol. The maximum atomic E-state index is 12.3. The first-order chi connectivity index (χ1) is 14.5. The number of likely N-dealkylation sites (N-methyl/N-ethyl adjacent to an activating group) is 1. The number of pyridine rings is 1. The number of benzene rings is 1. The van der Waals surface area contributed by atoms with Crippen LogP contribution in [0.3, 0.4) is 0 Å². The molecule has 0 radical (unpaired) electrons. The topological polar surface area (TPSA) is 91.8 Å². The number of rotatable bonds is 6. The van der Waals surface area contributed by atoms with Crippen LogP contribution >= 0.6 is 0 Å². The van der Waals surface area contributed by atoms with Crippen LogP contribution in [0, 0.1) is 0 Å². The molecule has 0 bridgehead atoms. The summed E-state index contributed by atoms with van der Waals surface area (Å²) in [5.41, 5.74) is -3.98. The lowest BCUT2D eigenvalue weighted by atomic mass is 10.2. The molecule has 12 heteroatoms. The van der Waals surface area contributed by atoms with Gasteiger partial charge in [0.05, 0.1) is 5.56 Å². The van der Waals surface area contributed by atoms with E-state index in [9.17, 15) is 26.4 Å². The minimum atomic E-state index is -5.82. The Hall–Kier alpha value is -2.86. The fraction of sp³-hybridized carbons (Fsp3) is 0.368. The molecule has 3 rings (SSSR count). The first kappa shape index (κ1) is 22.8. The number of aromatic nitrogens is 1. The zero-order valence-corrected chi connectivity index (χ0v) is 17.6. The van der Waals surface area contributed by atoms with Crippen molar-refractivity contribution in [3.8, 4) is 5.88 Å². The third-order valence-corrected chi connectivity index (χ3v) is 5.82. The van der Waals surface area contributed by atoms with Gasteiger partial charge in [-0.1, -0.05) is 0 Å². The van der Waals surface area contributed by atoms with Crippen LogP contribution in [0.15, 0.2) is 42.6 Å². The van der Waals surface area contributed by atoms with E-state index in [-0.39, 0.29) is 5.56 Å². The molecule has 1 N–H and O–H groups in total. The molecular formula is C19H21F3N4O4S. The smallest absolute Gasteiger partial charge is 0.370 e. The van der Waals surface area contributed by atoms with Crippen molar-refractivity contribution in [2.45, 2.75) is 18.0 Å². The minimum Gasteiger partial charge on any atom is -0.370 e. The molecule has 8 nitrogen and oxygen atoms in total. The van der Waals surface area contributed by atoms with Gasteiger partial charge in [0.2, 0.25) is 5.88 Å². The second-order valence-electron chi connectivity index (χ2n) is 7.22. The van der Waals surface area contributed by atoms with Crippen molar-refractivity contribution >= 4 is 27.4 Å². The Labute approximate surface area is 177 Å². The number of carbonyl (C=O) groups excluding carboxylic acids is 1. The molecule has 2 heterocycles. The monoisotopic (exact) mass is 458 g/mol. The summed E-state index contributed by atoms with van der Waals surface area (Å²) in [6, 6.07) is 9.76. The molecule has 1 atom stereocenters. The van der Waals surface area contributed by atoms with Crippen LogP contribution in [0.2, 0.25) is 0 Å². The summed E-state index contributed by atoms with van der Waals surface area (Å²) in [7, 11) is -1.72. The van der Waals surface area contributed by atoms with Crippen LogP contribution in [0.1, 0.15) is 16.8 Å².